The van der Waals surface area contributed by atoms with E-state index in [9.17, 15) is 45.0 Å². The molecule has 2 atom stereocenters. The van der Waals surface area contributed by atoms with Crippen LogP contribution in [-0.2, 0) is 14.2 Å². The van der Waals surface area contributed by atoms with E-state index in [1.54, 1.807) is 213 Å². The largest absolute Gasteiger partial charge is 0.507 e. The van der Waals surface area contributed by atoms with Crippen LogP contribution in [0, 0.1) is 47.5 Å². The van der Waals surface area contributed by atoms with Crippen LogP contribution in [0.2, 0.25) is 0 Å². The molecule has 590 valence electrons. The highest BCUT2D eigenvalue weighted by Gasteiger charge is 2.23. The second-order valence-electron chi connectivity index (χ2n) is 27.9. The molecule has 3 heterocycles. The molecule has 0 aliphatic heterocycles. The minimum Gasteiger partial charge on any atom is -0.507 e. The number of phenols is 6. The Hall–Kier alpha value is -13.7. The van der Waals surface area contributed by atoms with Gasteiger partial charge in [0.25, 0.3) is 0 Å². The van der Waals surface area contributed by atoms with Crippen LogP contribution in [0.4, 0.5) is 0 Å². The molecule has 0 saturated carbocycles. The van der Waals surface area contributed by atoms with Gasteiger partial charge in [-0.1, -0.05) is 202 Å². The van der Waals surface area contributed by atoms with Crippen molar-refractivity contribution >= 4 is 17.9 Å². The number of benzene rings is 9. The lowest BCUT2D eigenvalue weighted by molar-refractivity contribution is 0.0414. The molecule has 6 N–H and O–H groups in total. The first-order valence-corrected chi connectivity index (χ1v) is 38.0. The van der Waals surface area contributed by atoms with Crippen LogP contribution in [0.15, 0.2) is 218 Å². The highest BCUT2D eigenvalue weighted by Crippen LogP contribution is 2.37. The maximum absolute atomic E-state index is 13.0. The number of nitrogens with zero attached hydrogens (tertiary/aromatic N) is 9. The minimum atomic E-state index is -0.614. The van der Waals surface area contributed by atoms with E-state index in [-0.39, 0.29) is 88.5 Å². The van der Waals surface area contributed by atoms with Crippen LogP contribution in [0.5, 0.6) is 34.5 Å². The van der Waals surface area contributed by atoms with Gasteiger partial charge in [-0.25, -0.2) is 59.2 Å². The number of unbranched alkanes of at least 4 members (excludes halogenated alkanes) is 2. The Balaban J connectivity index is 0.000000313. The molecule has 0 aliphatic rings. The van der Waals surface area contributed by atoms with Crippen molar-refractivity contribution in [1.29, 1.82) is 0 Å². The van der Waals surface area contributed by atoms with Gasteiger partial charge >= 0.3 is 17.9 Å². The molecule has 12 aromatic rings. The lowest BCUT2D eigenvalue weighted by Gasteiger charge is -2.18. The zero-order chi connectivity index (χ0) is 80.9. The van der Waals surface area contributed by atoms with Gasteiger partial charge < -0.3 is 44.8 Å². The topological polar surface area (TPSA) is 316 Å². The summed E-state index contributed by atoms with van der Waals surface area (Å²) in [5.41, 5.74) is 5.70. The van der Waals surface area contributed by atoms with Crippen LogP contribution in [0.25, 0.3) is 102 Å². The van der Waals surface area contributed by atoms with E-state index < -0.39 is 5.97 Å². The zero-order valence-electron chi connectivity index (χ0n) is 64.7. The number of hydrogen-bond acceptors (Lipinski definition) is 21. The first kappa shape index (κ1) is 82.8. The molecule has 3 aromatic heterocycles. The second-order valence-corrected chi connectivity index (χ2v) is 27.9. The molecule has 2 unspecified atom stereocenters. The highest BCUT2D eigenvalue weighted by molar-refractivity contribution is 5.92. The fourth-order valence-electron chi connectivity index (χ4n) is 12.0. The summed E-state index contributed by atoms with van der Waals surface area (Å²) in [5.74, 6) is 10.9. The third kappa shape index (κ3) is 23.2. The lowest BCUT2D eigenvalue weighted by Crippen LogP contribution is -2.15. The quantitative estimate of drug-likeness (QED) is 0.0115. The van der Waals surface area contributed by atoms with Crippen molar-refractivity contribution in [2.75, 3.05) is 13.2 Å². The molecule has 114 heavy (non-hydrogen) atoms. The number of carbonyl (C=O) groups excluding carboxylic acids is 3. The van der Waals surface area contributed by atoms with Crippen LogP contribution in [-0.4, -0.2) is 107 Å². The van der Waals surface area contributed by atoms with E-state index in [0.29, 0.717) is 121 Å². The number of ether oxygens (including phenoxy) is 3. The fourth-order valence-corrected chi connectivity index (χ4v) is 12.0. The highest BCUT2D eigenvalue weighted by atomic mass is 16.5. The molecular weight excluding hydrogens is 1440 g/mol. The van der Waals surface area contributed by atoms with Crippen molar-refractivity contribution in [2.45, 2.75) is 113 Å². The number of aromatic hydroxyl groups is 6. The minimum absolute atomic E-state index is 0. The molecule has 12 rings (SSSR count). The van der Waals surface area contributed by atoms with Gasteiger partial charge in [0.1, 0.15) is 40.6 Å². The van der Waals surface area contributed by atoms with Gasteiger partial charge in [0.15, 0.2) is 52.4 Å². The SMILES string of the molecule is CC#CC#COC(=O)c1ccc(-c2nc(-c3ccccc3O)nc(-c3ccccc3O)n2)cc1.CC(C)CCCCC(CCC(C)C)COC(=O)c1ccc(-c2nc(-c3ccccc3O)nc(-c3ccccc3O)n2)cc1.CCCCC(CC)COC(=O)c1ccc(-c2nc(-c3ccccc3O)nc(-c3ccccc3O)n2)cc1.[HH].[HH].[HH].[HH].[HH]. The third-order valence-electron chi connectivity index (χ3n) is 18.5. The summed E-state index contributed by atoms with van der Waals surface area (Å²) < 4.78 is 16.2. The summed E-state index contributed by atoms with van der Waals surface area (Å²) in [4.78, 5) is 78.7. The Morgan fingerprint density at radius 1 is 0.333 bits per heavy atom. The molecular formula is C93H101N9O12. The van der Waals surface area contributed by atoms with Crippen molar-refractivity contribution in [3.05, 3.63) is 235 Å². The molecule has 0 aliphatic carbocycles. The van der Waals surface area contributed by atoms with E-state index in [4.69, 9.17) is 14.2 Å². The van der Waals surface area contributed by atoms with Gasteiger partial charge in [-0.3, -0.25) is 0 Å². The van der Waals surface area contributed by atoms with Crippen molar-refractivity contribution in [3.8, 4) is 161 Å². The molecule has 0 bridgehead atoms. The second kappa shape index (κ2) is 41.4. The maximum Gasteiger partial charge on any atom is 0.352 e. The Bertz CT molecular complexity index is 5220. The molecule has 0 fully saturated rings. The van der Waals surface area contributed by atoms with Crippen LogP contribution in [0.1, 0.15) is 151 Å². The number of rotatable bonds is 28. The van der Waals surface area contributed by atoms with Gasteiger partial charge in [0, 0.05) is 29.7 Å². The number of para-hydroxylation sites is 6. The standard InChI is InChI=1S/C36H43N3O4.C30H31N3O4.C27H17N3O4.5H2/c1-24(2)11-5-6-12-26(18-17-25(3)4)23-43-36(42)28-21-19-27(20-22-28)33-37-34(29-13-7-9-15-31(29)40)39-35(38-33)30-14-8-10-16-32(30)41;1-3-5-10-20(4-2)19-37-30(36)22-17-15-21(16-18-22)27-31-28(23-11-6-8-13-25(23)34)33-29(32-27)24-12-7-9-14-26(24)35;1-2-3-8-17-34-27(33)19-15-13-18(14-16-19)24-28-25(20-9-4-6-11-22(20)31)30-26(29-24)21-10-5-7-12-23(21)32;;;;;/h7-10,13-16,19-22,24-26,40-41H,5-6,11-12,17-18,23H2,1-4H3;6-9,11-18,20,34-35H,3-5,10,19H2,1-2H3;4-7,9-16,31-32H,1H3;5*1H. The summed E-state index contributed by atoms with van der Waals surface area (Å²) >= 11 is 0. The first-order chi connectivity index (χ1) is 55.3. The van der Waals surface area contributed by atoms with E-state index in [1.165, 1.54) is 25.0 Å². The van der Waals surface area contributed by atoms with Crippen LogP contribution >= 0.6 is 0 Å². The Morgan fingerprint density at radius 2 is 0.614 bits per heavy atom. The van der Waals surface area contributed by atoms with Gasteiger partial charge in [-0.2, -0.15) is 0 Å². The van der Waals surface area contributed by atoms with E-state index >= 15 is 0 Å². The van der Waals surface area contributed by atoms with Crippen molar-refractivity contribution in [2.24, 2.45) is 23.7 Å². The van der Waals surface area contributed by atoms with Gasteiger partial charge in [0.05, 0.1) is 63.3 Å². The number of aromatic nitrogens is 9. The smallest absolute Gasteiger partial charge is 0.352 e. The predicted octanol–water partition coefficient (Wildman–Crippen LogP) is 21.0. The van der Waals surface area contributed by atoms with E-state index in [1.807, 2.05) is 0 Å². The average molecular weight is 1540 g/mol. The fraction of sp³-hybridized carbons (Fsp3) is 0.247. The van der Waals surface area contributed by atoms with E-state index in [2.05, 4.69) is 110 Å². The normalized spacial score (nSPS) is 11.3. The molecule has 0 radical (unpaired) electrons. The van der Waals surface area contributed by atoms with Crippen LogP contribution in [0.3, 0.4) is 0 Å². The van der Waals surface area contributed by atoms with Gasteiger partial charge in [-0.15, -0.1) is 0 Å². The summed E-state index contributed by atoms with van der Waals surface area (Å²) in [6.45, 7) is 15.7. The Morgan fingerprint density at radius 3 is 0.904 bits per heavy atom. The van der Waals surface area contributed by atoms with E-state index in [0.717, 1.165) is 51.4 Å². The van der Waals surface area contributed by atoms with Gasteiger partial charge in [0.2, 0.25) is 0 Å². The summed E-state index contributed by atoms with van der Waals surface area (Å²) in [5, 5.41) is 62.4. The average Bonchev–Trinajstić information content (AvgIpc) is 0.800. The number of phenolic OH excluding ortho intramolecular Hbond substituents is 6. The molecule has 9 aromatic carbocycles. The summed E-state index contributed by atoms with van der Waals surface area (Å²) in [6, 6.07) is 60.8. The Kier molecular flexibility index (Phi) is 30.1. The number of esters is 3. The molecule has 21 nitrogen and oxygen atoms in total. The van der Waals surface area contributed by atoms with Crippen molar-refractivity contribution in [1.82, 2.24) is 44.9 Å². The Labute approximate surface area is 671 Å². The predicted molar refractivity (Wildman–Crippen MR) is 450 cm³/mol. The molecule has 0 amide bonds. The molecule has 0 spiro atoms. The lowest BCUT2D eigenvalue weighted by atomic mass is 9.93. The molecule has 0 saturated heterocycles. The van der Waals surface area contributed by atoms with Crippen molar-refractivity contribution < 1.29 is 66.4 Å². The first-order valence-electron chi connectivity index (χ1n) is 38.0. The number of carbonyl (C=O) groups is 3. The van der Waals surface area contributed by atoms with Crippen LogP contribution < -0.4 is 0 Å². The number of hydrogen-bond donors (Lipinski definition) is 6. The van der Waals surface area contributed by atoms with Gasteiger partial charge in [-0.05, 0) is 165 Å². The maximum atomic E-state index is 13.0. The van der Waals surface area contributed by atoms with Crippen molar-refractivity contribution in [3.63, 3.8) is 0 Å². The summed E-state index contributed by atoms with van der Waals surface area (Å²) in [7, 11) is 0. The molecule has 21 heteroatoms. The zero-order valence-corrected chi connectivity index (χ0v) is 64.7. The monoisotopic (exact) mass is 1540 g/mol. The third-order valence-corrected chi connectivity index (χ3v) is 18.5. The summed E-state index contributed by atoms with van der Waals surface area (Å²) in [6.07, 6.45) is 13.4.